The molecule has 0 aliphatic carbocycles. The van der Waals surface area contributed by atoms with Crippen molar-refractivity contribution in [2.24, 2.45) is 5.73 Å². The topological polar surface area (TPSA) is 35.2 Å². The molecular formula is C14H16ClNOS. The van der Waals surface area contributed by atoms with Crippen LogP contribution in [0.4, 0.5) is 0 Å². The molecule has 0 radical (unpaired) electrons. The summed E-state index contributed by atoms with van der Waals surface area (Å²) in [7, 11) is 1.64. The Kier molecular flexibility index (Phi) is 4.64. The van der Waals surface area contributed by atoms with E-state index in [-0.39, 0.29) is 6.04 Å². The van der Waals surface area contributed by atoms with Gasteiger partial charge in [-0.1, -0.05) is 17.7 Å². The standard InChI is InChI=1S/C14H16ClNOS/c1-17-14-8-11(15)3-4-12(14)13(16)5-2-10-6-7-18-9-10/h3-4,6-9,13H,2,5,16H2,1H3. The summed E-state index contributed by atoms with van der Waals surface area (Å²) in [5.74, 6) is 0.764. The van der Waals surface area contributed by atoms with Gasteiger partial charge in [-0.2, -0.15) is 11.3 Å². The predicted molar refractivity (Wildman–Crippen MR) is 77.6 cm³/mol. The fourth-order valence-electron chi connectivity index (χ4n) is 1.90. The molecular weight excluding hydrogens is 266 g/mol. The highest BCUT2D eigenvalue weighted by Crippen LogP contribution is 2.29. The van der Waals surface area contributed by atoms with E-state index in [1.165, 1.54) is 5.56 Å². The molecule has 1 atom stereocenters. The van der Waals surface area contributed by atoms with E-state index < -0.39 is 0 Å². The lowest BCUT2D eigenvalue weighted by Gasteiger charge is -2.15. The minimum atomic E-state index is -0.0304. The second-order valence-corrected chi connectivity index (χ2v) is 5.38. The van der Waals surface area contributed by atoms with Gasteiger partial charge in [-0.05, 0) is 47.4 Å². The van der Waals surface area contributed by atoms with Crippen LogP contribution >= 0.6 is 22.9 Å². The van der Waals surface area contributed by atoms with Gasteiger partial charge in [0.25, 0.3) is 0 Å². The van der Waals surface area contributed by atoms with E-state index in [9.17, 15) is 0 Å². The Morgan fingerprint density at radius 3 is 2.89 bits per heavy atom. The molecule has 18 heavy (non-hydrogen) atoms. The lowest BCUT2D eigenvalue weighted by molar-refractivity contribution is 0.404. The zero-order valence-corrected chi connectivity index (χ0v) is 11.8. The van der Waals surface area contributed by atoms with Crippen LogP contribution in [0, 0.1) is 0 Å². The number of thiophene rings is 1. The summed E-state index contributed by atoms with van der Waals surface area (Å²) in [5, 5.41) is 4.91. The van der Waals surface area contributed by atoms with E-state index >= 15 is 0 Å². The average molecular weight is 282 g/mol. The van der Waals surface area contributed by atoms with Gasteiger partial charge in [0, 0.05) is 16.6 Å². The van der Waals surface area contributed by atoms with Crippen LogP contribution < -0.4 is 10.5 Å². The van der Waals surface area contributed by atoms with Gasteiger partial charge in [-0.25, -0.2) is 0 Å². The van der Waals surface area contributed by atoms with E-state index in [1.54, 1.807) is 24.5 Å². The van der Waals surface area contributed by atoms with Crippen LogP contribution in [0.15, 0.2) is 35.0 Å². The van der Waals surface area contributed by atoms with E-state index in [0.717, 1.165) is 24.2 Å². The van der Waals surface area contributed by atoms with Crippen molar-refractivity contribution >= 4 is 22.9 Å². The number of hydrogen-bond donors (Lipinski definition) is 1. The van der Waals surface area contributed by atoms with E-state index in [1.807, 2.05) is 12.1 Å². The number of ether oxygens (including phenoxy) is 1. The first kappa shape index (κ1) is 13.4. The summed E-state index contributed by atoms with van der Waals surface area (Å²) in [6.45, 7) is 0. The maximum atomic E-state index is 6.22. The summed E-state index contributed by atoms with van der Waals surface area (Å²) in [6.07, 6.45) is 1.88. The molecule has 96 valence electrons. The predicted octanol–water partition coefficient (Wildman–Crippen LogP) is 4.04. The maximum absolute atomic E-state index is 6.22. The molecule has 0 amide bonds. The minimum Gasteiger partial charge on any atom is -0.496 e. The molecule has 0 saturated carbocycles. The summed E-state index contributed by atoms with van der Waals surface area (Å²) in [5.41, 5.74) is 8.57. The number of rotatable bonds is 5. The highest BCUT2D eigenvalue weighted by molar-refractivity contribution is 7.07. The van der Waals surface area contributed by atoms with Crippen molar-refractivity contribution in [3.8, 4) is 5.75 Å². The molecule has 0 aliphatic rings. The molecule has 0 saturated heterocycles. The first-order valence-corrected chi connectivity index (χ1v) is 7.13. The van der Waals surface area contributed by atoms with Crippen LogP contribution in [-0.4, -0.2) is 7.11 Å². The first-order valence-electron chi connectivity index (χ1n) is 5.81. The zero-order chi connectivity index (χ0) is 13.0. The van der Waals surface area contributed by atoms with Crippen LogP contribution in [0.5, 0.6) is 5.75 Å². The fraction of sp³-hybridized carbons (Fsp3) is 0.286. The van der Waals surface area contributed by atoms with E-state index in [2.05, 4.69) is 16.8 Å². The Morgan fingerprint density at radius 1 is 1.39 bits per heavy atom. The van der Waals surface area contributed by atoms with Crippen molar-refractivity contribution in [1.29, 1.82) is 0 Å². The normalized spacial score (nSPS) is 12.4. The molecule has 1 heterocycles. The van der Waals surface area contributed by atoms with Crippen molar-refractivity contribution < 1.29 is 4.74 Å². The van der Waals surface area contributed by atoms with Crippen molar-refractivity contribution in [2.75, 3.05) is 7.11 Å². The molecule has 2 nitrogen and oxygen atoms in total. The summed E-state index contributed by atoms with van der Waals surface area (Å²) in [4.78, 5) is 0. The number of halogens is 1. The number of benzene rings is 1. The smallest absolute Gasteiger partial charge is 0.125 e. The van der Waals surface area contributed by atoms with Crippen molar-refractivity contribution in [3.63, 3.8) is 0 Å². The second-order valence-electron chi connectivity index (χ2n) is 4.16. The van der Waals surface area contributed by atoms with Gasteiger partial charge in [0.2, 0.25) is 0 Å². The molecule has 1 aromatic carbocycles. The SMILES string of the molecule is COc1cc(Cl)ccc1C(N)CCc1ccsc1. The third-order valence-corrected chi connectivity index (χ3v) is 3.89. The van der Waals surface area contributed by atoms with Crippen molar-refractivity contribution in [3.05, 3.63) is 51.2 Å². The minimum absolute atomic E-state index is 0.0304. The monoisotopic (exact) mass is 281 g/mol. The maximum Gasteiger partial charge on any atom is 0.125 e. The molecule has 0 spiro atoms. The molecule has 2 aromatic rings. The van der Waals surface area contributed by atoms with Gasteiger partial charge in [0.05, 0.1) is 7.11 Å². The van der Waals surface area contributed by atoms with Crippen LogP contribution in [0.1, 0.15) is 23.6 Å². The highest BCUT2D eigenvalue weighted by atomic mass is 35.5. The lowest BCUT2D eigenvalue weighted by atomic mass is 10.00. The van der Waals surface area contributed by atoms with Gasteiger partial charge < -0.3 is 10.5 Å². The Hall–Kier alpha value is -1.03. The van der Waals surface area contributed by atoms with Gasteiger partial charge >= 0.3 is 0 Å². The number of methoxy groups -OCH3 is 1. The molecule has 1 unspecified atom stereocenters. The van der Waals surface area contributed by atoms with Gasteiger partial charge in [0.15, 0.2) is 0 Å². The highest BCUT2D eigenvalue weighted by Gasteiger charge is 2.12. The van der Waals surface area contributed by atoms with Crippen LogP contribution in [0.3, 0.4) is 0 Å². The van der Waals surface area contributed by atoms with Crippen molar-refractivity contribution in [1.82, 2.24) is 0 Å². The number of aryl methyl sites for hydroxylation is 1. The van der Waals surface area contributed by atoms with Crippen LogP contribution in [0.2, 0.25) is 5.02 Å². The molecule has 2 N–H and O–H groups in total. The quantitative estimate of drug-likeness (QED) is 0.898. The molecule has 2 rings (SSSR count). The van der Waals surface area contributed by atoms with Gasteiger partial charge in [0.1, 0.15) is 5.75 Å². The largest absolute Gasteiger partial charge is 0.496 e. The molecule has 0 bridgehead atoms. The Bertz CT molecular complexity index is 499. The van der Waals surface area contributed by atoms with Gasteiger partial charge in [-0.15, -0.1) is 0 Å². The summed E-state index contributed by atoms with van der Waals surface area (Å²) in [6, 6.07) is 7.71. The third kappa shape index (κ3) is 3.25. The van der Waals surface area contributed by atoms with Crippen LogP contribution in [-0.2, 0) is 6.42 Å². The molecule has 4 heteroatoms. The molecule has 0 fully saturated rings. The first-order chi connectivity index (χ1) is 8.70. The number of nitrogens with two attached hydrogens (primary N) is 1. The summed E-state index contributed by atoms with van der Waals surface area (Å²) >= 11 is 7.65. The Morgan fingerprint density at radius 2 is 2.22 bits per heavy atom. The lowest BCUT2D eigenvalue weighted by Crippen LogP contribution is -2.12. The zero-order valence-electron chi connectivity index (χ0n) is 10.2. The van der Waals surface area contributed by atoms with Gasteiger partial charge in [-0.3, -0.25) is 0 Å². The average Bonchev–Trinajstić information content (AvgIpc) is 2.88. The van der Waals surface area contributed by atoms with Crippen molar-refractivity contribution in [2.45, 2.75) is 18.9 Å². The second kappa shape index (κ2) is 6.23. The summed E-state index contributed by atoms with van der Waals surface area (Å²) < 4.78 is 5.32. The Balaban J connectivity index is 2.06. The number of hydrogen-bond acceptors (Lipinski definition) is 3. The molecule has 0 aliphatic heterocycles. The molecule has 1 aromatic heterocycles. The third-order valence-electron chi connectivity index (χ3n) is 2.92. The van der Waals surface area contributed by atoms with E-state index in [0.29, 0.717) is 5.02 Å². The van der Waals surface area contributed by atoms with Crippen LogP contribution in [0.25, 0.3) is 0 Å². The van der Waals surface area contributed by atoms with E-state index in [4.69, 9.17) is 22.1 Å². The fourth-order valence-corrected chi connectivity index (χ4v) is 2.77. The Labute approximate surface area is 116 Å².